The van der Waals surface area contributed by atoms with Crippen LogP contribution >= 0.6 is 23.2 Å². The zero-order valence-corrected chi connectivity index (χ0v) is 15.5. The second-order valence-electron chi connectivity index (χ2n) is 5.79. The summed E-state index contributed by atoms with van der Waals surface area (Å²) in [5, 5.41) is 6.21. The van der Waals surface area contributed by atoms with Crippen molar-refractivity contribution in [2.24, 2.45) is 0 Å². The Labute approximate surface area is 160 Å². The molecule has 0 radical (unpaired) electrons. The Hall–Kier alpha value is -2.44. The first kappa shape index (κ1) is 18.4. The van der Waals surface area contributed by atoms with Gasteiger partial charge in [-0.3, -0.25) is 9.59 Å². The molecule has 2 amide bonds. The maximum atomic E-state index is 12.3. The van der Waals surface area contributed by atoms with Gasteiger partial charge in [0.25, 0.3) is 11.8 Å². The summed E-state index contributed by atoms with van der Waals surface area (Å²) in [5.41, 5.74) is 1.01. The Kier molecular flexibility index (Phi) is 5.25. The van der Waals surface area contributed by atoms with E-state index in [1.165, 1.54) is 0 Å². The molecule has 2 atom stereocenters. The van der Waals surface area contributed by atoms with Crippen LogP contribution < -0.4 is 20.1 Å². The number of nitrogens with one attached hydrogen (secondary N) is 2. The molecular weight excluding hydrogens is 379 g/mol. The molecule has 3 rings (SSSR count). The van der Waals surface area contributed by atoms with Crippen molar-refractivity contribution in [3.8, 4) is 11.5 Å². The summed E-state index contributed by atoms with van der Waals surface area (Å²) in [6.45, 7) is 3.28. The Balaban J connectivity index is 1.66. The number of fused-ring (bicyclic) bond motifs is 1. The molecular formula is C18H16Cl2N2O4. The van der Waals surface area contributed by atoms with Gasteiger partial charge in [0.15, 0.2) is 12.2 Å². The van der Waals surface area contributed by atoms with E-state index in [1.807, 2.05) is 0 Å². The van der Waals surface area contributed by atoms with E-state index >= 15 is 0 Å². The van der Waals surface area contributed by atoms with E-state index in [1.54, 1.807) is 50.2 Å². The van der Waals surface area contributed by atoms with Crippen molar-refractivity contribution in [3.05, 3.63) is 46.4 Å². The molecule has 0 fully saturated rings. The van der Waals surface area contributed by atoms with E-state index in [0.29, 0.717) is 32.9 Å². The van der Waals surface area contributed by atoms with E-state index in [2.05, 4.69) is 10.6 Å². The molecule has 8 heteroatoms. The van der Waals surface area contributed by atoms with Gasteiger partial charge in [-0.2, -0.15) is 0 Å². The monoisotopic (exact) mass is 394 g/mol. The van der Waals surface area contributed by atoms with Gasteiger partial charge in [-0.25, -0.2) is 0 Å². The van der Waals surface area contributed by atoms with Crippen LogP contribution in [0.3, 0.4) is 0 Å². The lowest BCUT2D eigenvalue weighted by molar-refractivity contribution is -0.123. The molecule has 0 saturated carbocycles. The van der Waals surface area contributed by atoms with Crippen LogP contribution in [0.2, 0.25) is 10.0 Å². The smallest absolute Gasteiger partial charge is 0.265 e. The van der Waals surface area contributed by atoms with Gasteiger partial charge in [-0.15, -0.1) is 0 Å². The van der Waals surface area contributed by atoms with E-state index < -0.39 is 12.2 Å². The van der Waals surface area contributed by atoms with Crippen LogP contribution in [0.25, 0.3) is 0 Å². The quantitative estimate of drug-likeness (QED) is 0.817. The third-order valence-electron chi connectivity index (χ3n) is 3.75. The highest BCUT2D eigenvalue weighted by atomic mass is 35.5. The van der Waals surface area contributed by atoms with Gasteiger partial charge in [0.2, 0.25) is 0 Å². The van der Waals surface area contributed by atoms with Gasteiger partial charge >= 0.3 is 0 Å². The topological polar surface area (TPSA) is 76.7 Å². The second kappa shape index (κ2) is 7.43. The lowest BCUT2D eigenvalue weighted by Gasteiger charge is -2.24. The van der Waals surface area contributed by atoms with Crippen LogP contribution in [-0.4, -0.2) is 24.0 Å². The zero-order chi connectivity index (χ0) is 18.8. The van der Waals surface area contributed by atoms with Gasteiger partial charge in [0.1, 0.15) is 11.5 Å². The normalized spacial score (nSPS) is 16.8. The Morgan fingerprint density at radius 3 is 2.73 bits per heavy atom. The fourth-order valence-electron chi connectivity index (χ4n) is 2.34. The molecule has 1 heterocycles. The van der Waals surface area contributed by atoms with E-state index in [9.17, 15) is 9.59 Å². The highest BCUT2D eigenvalue weighted by Crippen LogP contribution is 2.32. The third-order valence-corrected chi connectivity index (χ3v) is 4.49. The summed E-state index contributed by atoms with van der Waals surface area (Å²) in [6.07, 6.45) is -1.32. The summed E-state index contributed by atoms with van der Waals surface area (Å²) in [7, 11) is 0. The summed E-state index contributed by atoms with van der Waals surface area (Å²) < 4.78 is 11.1. The molecule has 26 heavy (non-hydrogen) atoms. The lowest BCUT2D eigenvalue weighted by Crippen LogP contribution is -2.34. The standard InChI is InChI=1S/C18H16Cl2N2O4/c1-9(25-12-4-5-13(19)14(20)8-12)17(23)21-11-3-6-16-15(7-11)22-18(24)10(2)26-16/h3-10H,1-2H3,(H,21,23)(H,22,24). The van der Waals surface area contributed by atoms with Gasteiger partial charge < -0.3 is 20.1 Å². The number of rotatable bonds is 4. The van der Waals surface area contributed by atoms with Gasteiger partial charge in [0, 0.05) is 11.8 Å². The fraction of sp³-hybridized carbons (Fsp3) is 0.222. The summed E-state index contributed by atoms with van der Waals surface area (Å²) in [4.78, 5) is 24.0. The SMILES string of the molecule is CC(Oc1ccc(Cl)c(Cl)c1)C(=O)Nc1ccc2c(c1)NC(=O)C(C)O2. The number of hydrogen-bond acceptors (Lipinski definition) is 4. The number of benzene rings is 2. The highest BCUT2D eigenvalue weighted by Gasteiger charge is 2.24. The van der Waals surface area contributed by atoms with E-state index in [4.69, 9.17) is 32.7 Å². The summed E-state index contributed by atoms with van der Waals surface area (Å²) in [6, 6.07) is 9.77. The minimum Gasteiger partial charge on any atom is -0.481 e. The molecule has 2 aromatic carbocycles. The predicted octanol–water partition coefficient (Wildman–Crippen LogP) is 4.12. The molecule has 6 nitrogen and oxygen atoms in total. The molecule has 0 aromatic heterocycles. The average Bonchev–Trinajstić information content (AvgIpc) is 2.59. The maximum Gasteiger partial charge on any atom is 0.265 e. The highest BCUT2D eigenvalue weighted by molar-refractivity contribution is 6.42. The molecule has 136 valence electrons. The second-order valence-corrected chi connectivity index (χ2v) is 6.60. The maximum absolute atomic E-state index is 12.3. The first-order valence-electron chi connectivity index (χ1n) is 7.87. The number of ether oxygens (including phenoxy) is 2. The molecule has 0 spiro atoms. The number of carbonyl (C=O) groups is 2. The third kappa shape index (κ3) is 4.03. The first-order valence-corrected chi connectivity index (χ1v) is 8.63. The average molecular weight is 395 g/mol. The number of halogens is 2. The van der Waals surface area contributed by atoms with Crippen LogP contribution in [0.1, 0.15) is 13.8 Å². The van der Waals surface area contributed by atoms with Crippen molar-refractivity contribution in [1.29, 1.82) is 0 Å². The molecule has 0 saturated heterocycles. The zero-order valence-electron chi connectivity index (χ0n) is 14.0. The van der Waals surface area contributed by atoms with Crippen molar-refractivity contribution < 1.29 is 19.1 Å². The molecule has 2 aromatic rings. The van der Waals surface area contributed by atoms with Crippen LogP contribution in [0.5, 0.6) is 11.5 Å². The summed E-state index contributed by atoms with van der Waals surface area (Å²) >= 11 is 11.8. The Morgan fingerprint density at radius 2 is 2.00 bits per heavy atom. The predicted molar refractivity (Wildman–Crippen MR) is 100 cm³/mol. The van der Waals surface area contributed by atoms with Crippen LogP contribution in [-0.2, 0) is 9.59 Å². The molecule has 1 aliphatic rings. The summed E-state index contributed by atoms with van der Waals surface area (Å²) in [5.74, 6) is 0.391. The van der Waals surface area contributed by atoms with E-state index in [-0.39, 0.29) is 11.8 Å². The van der Waals surface area contributed by atoms with E-state index in [0.717, 1.165) is 0 Å². The Morgan fingerprint density at radius 1 is 1.23 bits per heavy atom. The molecule has 2 unspecified atom stereocenters. The largest absolute Gasteiger partial charge is 0.481 e. The van der Waals surface area contributed by atoms with Crippen molar-refractivity contribution in [2.75, 3.05) is 10.6 Å². The van der Waals surface area contributed by atoms with Crippen molar-refractivity contribution in [3.63, 3.8) is 0 Å². The molecule has 0 bridgehead atoms. The number of hydrogen-bond donors (Lipinski definition) is 2. The fourth-order valence-corrected chi connectivity index (χ4v) is 2.63. The van der Waals surface area contributed by atoms with Crippen LogP contribution in [0.15, 0.2) is 36.4 Å². The van der Waals surface area contributed by atoms with Crippen LogP contribution in [0.4, 0.5) is 11.4 Å². The lowest BCUT2D eigenvalue weighted by atomic mass is 10.2. The number of carbonyl (C=O) groups excluding carboxylic acids is 2. The molecule has 1 aliphatic heterocycles. The van der Waals surface area contributed by atoms with Crippen LogP contribution in [0, 0.1) is 0 Å². The Bertz CT molecular complexity index is 872. The molecule has 0 aliphatic carbocycles. The molecule has 2 N–H and O–H groups in total. The number of anilines is 2. The minimum absolute atomic E-state index is 0.239. The van der Waals surface area contributed by atoms with Crippen molar-refractivity contribution in [1.82, 2.24) is 0 Å². The first-order chi connectivity index (χ1) is 12.3. The number of amides is 2. The van der Waals surface area contributed by atoms with Gasteiger partial charge in [0.05, 0.1) is 15.7 Å². The van der Waals surface area contributed by atoms with Gasteiger partial charge in [-0.1, -0.05) is 23.2 Å². The minimum atomic E-state index is -0.769. The van der Waals surface area contributed by atoms with Crippen molar-refractivity contribution >= 4 is 46.4 Å². The van der Waals surface area contributed by atoms with Gasteiger partial charge in [-0.05, 0) is 44.2 Å². The van der Waals surface area contributed by atoms with Crippen molar-refractivity contribution in [2.45, 2.75) is 26.1 Å².